The van der Waals surface area contributed by atoms with Crippen molar-refractivity contribution in [3.05, 3.63) is 81.9 Å². The SMILES string of the molecule is CCC(Oc1cc(C)ccc1C)C(=O)Nc1cc(O)c(NC(=O)c2cccc(F)c2F)cc1Cl. The first-order chi connectivity index (χ1) is 16.1. The quantitative estimate of drug-likeness (QED) is 0.356. The number of phenols is 1. The molecule has 0 fully saturated rings. The molecule has 1 atom stereocenters. The average Bonchev–Trinajstić information content (AvgIpc) is 2.79. The number of nitrogens with one attached hydrogen (secondary N) is 2. The molecule has 1 unspecified atom stereocenters. The van der Waals surface area contributed by atoms with E-state index in [4.69, 9.17) is 16.3 Å². The Kier molecular flexibility index (Phi) is 7.73. The van der Waals surface area contributed by atoms with Gasteiger partial charge in [-0.1, -0.05) is 36.7 Å². The molecule has 0 bridgehead atoms. The van der Waals surface area contributed by atoms with Crippen LogP contribution in [0.3, 0.4) is 0 Å². The van der Waals surface area contributed by atoms with E-state index in [1.807, 2.05) is 32.0 Å². The van der Waals surface area contributed by atoms with E-state index >= 15 is 0 Å². The van der Waals surface area contributed by atoms with Crippen LogP contribution >= 0.6 is 11.6 Å². The highest BCUT2D eigenvalue weighted by Crippen LogP contribution is 2.34. The summed E-state index contributed by atoms with van der Waals surface area (Å²) < 4.78 is 33.1. The summed E-state index contributed by atoms with van der Waals surface area (Å²) in [5.74, 6) is -3.81. The topological polar surface area (TPSA) is 87.7 Å². The number of aromatic hydroxyl groups is 1. The van der Waals surface area contributed by atoms with Crippen LogP contribution in [0.15, 0.2) is 48.5 Å². The number of hydrogen-bond donors (Lipinski definition) is 3. The Labute approximate surface area is 200 Å². The first kappa shape index (κ1) is 25.0. The van der Waals surface area contributed by atoms with Crippen LogP contribution in [0.4, 0.5) is 20.2 Å². The Morgan fingerprint density at radius 1 is 1.06 bits per heavy atom. The molecule has 2 amide bonds. The molecule has 3 rings (SSSR count). The standard InChI is InChI=1S/C25H23ClF2N2O4/c1-4-21(34-22-10-13(2)8-9-14(22)3)25(33)29-18-12-20(31)19(11-16(18)26)30-24(32)15-6-5-7-17(27)23(15)28/h5-12,21,31H,4H2,1-3H3,(H,29,33)(H,30,32). The Morgan fingerprint density at radius 3 is 2.50 bits per heavy atom. The molecule has 0 saturated carbocycles. The third-order valence-electron chi connectivity index (χ3n) is 5.06. The first-order valence-corrected chi connectivity index (χ1v) is 10.8. The van der Waals surface area contributed by atoms with E-state index in [1.54, 1.807) is 6.92 Å². The normalized spacial score (nSPS) is 11.6. The van der Waals surface area contributed by atoms with E-state index < -0.39 is 40.9 Å². The summed E-state index contributed by atoms with van der Waals surface area (Å²) in [7, 11) is 0. The Hall–Kier alpha value is -3.65. The van der Waals surface area contributed by atoms with Crippen LogP contribution in [-0.4, -0.2) is 23.0 Å². The van der Waals surface area contributed by atoms with Crippen LogP contribution in [0, 0.1) is 25.5 Å². The number of hydrogen-bond acceptors (Lipinski definition) is 4. The van der Waals surface area contributed by atoms with Gasteiger partial charge in [0.05, 0.1) is 22.0 Å². The molecule has 0 spiro atoms. The molecule has 0 saturated heterocycles. The van der Waals surface area contributed by atoms with Crippen LogP contribution in [0.5, 0.6) is 11.5 Å². The van der Waals surface area contributed by atoms with Gasteiger partial charge in [-0.15, -0.1) is 0 Å². The largest absolute Gasteiger partial charge is 0.506 e. The van der Waals surface area contributed by atoms with Gasteiger partial charge in [0.1, 0.15) is 11.5 Å². The summed E-state index contributed by atoms with van der Waals surface area (Å²) in [6, 6.07) is 11.2. The molecular formula is C25H23ClF2N2O4. The molecule has 178 valence electrons. The lowest BCUT2D eigenvalue weighted by Crippen LogP contribution is -2.32. The number of amides is 2. The summed E-state index contributed by atoms with van der Waals surface area (Å²) in [4.78, 5) is 25.1. The number of aryl methyl sites for hydroxylation is 2. The maximum Gasteiger partial charge on any atom is 0.265 e. The Bertz CT molecular complexity index is 1250. The highest BCUT2D eigenvalue weighted by molar-refractivity contribution is 6.34. The van der Waals surface area contributed by atoms with E-state index in [1.165, 1.54) is 12.1 Å². The van der Waals surface area contributed by atoms with Crippen molar-refractivity contribution in [1.82, 2.24) is 0 Å². The van der Waals surface area contributed by atoms with Gasteiger partial charge in [0.15, 0.2) is 17.7 Å². The predicted molar refractivity (Wildman–Crippen MR) is 127 cm³/mol. The van der Waals surface area contributed by atoms with Crippen LogP contribution in [-0.2, 0) is 4.79 Å². The van der Waals surface area contributed by atoms with Crippen LogP contribution in [0.25, 0.3) is 0 Å². The van der Waals surface area contributed by atoms with Crippen molar-refractivity contribution in [2.75, 3.05) is 10.6 Å². The Morgan fingerprint density at radius 2 is 1.79 bits per heavy atom. The van der Waals surface area contributed by atoms with Crippen molar-refractivity contribution in [2.24, 2.45) is 0 Å². The summed E-state index contributed by atoms with van der Waals surface area (Å²) >= 11 is 6.23. The van der Waals surface area contributed by atoms with E-state index in [0.29, 0.717) is 12.2 Å². The van der Waals surface area contributed by atoms with Gasteiger partial charge in [0.25, 0.3) is 11.8 Å². The monoisotopic (exact) mass is 488 g/mol. The fourth-order valence-corrected chi connectivity index (χ4v) is 3.36. The zero-order valence-electron chi connectivity index (χ0n) is 18.7. The van der Waals surface area contributed by atoms with Crippen LogP contribution in [0.1, 0.15) is 34.8 Å². The second-order valence-corrected chi connectivity index (χ2v) is 8.08. The molecule has 3 aromatic rings. The molecular weight excluding hydrogens is 466 g/mol. The van der Waals surface area contributed by atoms with Crippen LogP contribution < -0.4 is 15.4 Å². The number of ether oxygens (including phenoxy) is 1. The Balaban J connectivity index is 1.76. The molecule has 0 aliphatic rings. The van der Waals surface area contributed by atoms with Crippen molar-refractivity contribution in [3.63, 3.8) is 0 Å². The van der Waals surface area contributed by atoms with Crippen molar-refractivity contribution in [2.45, 2.75) is 33.3 Å². The molecule has 0 aliphatic heterocycles. The molecule has 0 aromatic heterocycles. The fraction of sp³-hybridized carbons (Fsp3) is 0.200. The van der Waals surface area contributed by atoms with Gasteiger partial charge >= 0.3 is 0 Å². The number of carbonyl (C=O) groups excluding carboxylic acids is 2. The van der Waals surface area contributed by atoms with Gasteiger partial charge in [0, 0.05) is 6.07 Å². The maximum absolute atomic E-state index is 13.9. The van der Waals surface area contributed by atoms with Crippen molar-refractivity contribution in [3.8, 4) is 11.5 Å². The highest BCUT2D eigenvalue weighted by atomic mass is 35.5. The van der Waals surface area contributed by atoms with Gasteiger partial charge in [-0.3, -0.25) is 9.59 Å². The number of halogens is 3. The molecule has 34 heavy (non-hydrogen) atoms. The van der Waals surface area contributed by atoms with Crippen molar-refractivity contribution < 1.29 is 28.2 Å². The minimum Gasteiger partial charge on any atom is -0.506 e. The molecule has 0 radical (unpaired) electrons. The van der Waals surface area contributed by atoms with Gasteiger partial charge in [-0.2, -0.15) is 0 Å². The third-order valence-corrected chi connectivity index (χ3v) is 5.38. The van der Waals surface area contributed by atoms with E-state index in [0.717, 1.165) is 29.3 Å². The summed E-state index contributed by atoms with van der Waals surface area (Å²) in [6.45, 7) is 5.58. The average molecular weight is 489 g/mol. The summed E-state index contributed by atoms with van der Waals surface area (Å²) in [5.41, 5.74) is 1.27. The molecule has 9 heteroatoms. The number of rotatable bonds is 7. The zero-order chi connectivity index (χ0) is 25.0. The third kappa shape index (κ3) is 5.63. The summed E-state index contributed by atoms with van der Waals surface area (Å²) in [5, 5.41) is 15.2. The van der Waals surface area contributed by atoms with E-state index in [-0.39, 0.29) is 16.4 Å². The molecule has 3 N–H and O–H groups in total. The number of phenolic OH excluding ortho intramolecular Hbond substituents is 1. The molecule has 3 aromatic carbocycles. The van der Waals surface area contributed by atoms with Crippen LogP contribution in [0.2, 0.25) is 5.02 Å². The van der Waals surface area contributed by atoms with E-state index in [2.05, 4.69) is 10.6 Å². The number of anilines is 2. The first-order valence-electron chi connectivity index (χ1n) is 10.4. The summed E-state index contributed by atoms with van der Waals surface area (Å²) in [6.07, 6.45) is -0.454. The minimum absolute atomic E-state index is 0.00255. The number of carbonyl (C=O) groups is 2. The second-order valence-electron chi connectivity index (χ2n) is 7.68. The molecule has 6 nitrogen and oxygen atoms in total. The number of benzene rings is 3. The highest BCUT2D eigenvalue weighted by Gasteiger charge is 2.22. The lowest BCUT2D eigenvalue weighted by Gasteiger charge is -2.20. The zero-order valence-corrected chi connectivity index (χ0v) is 19.5. The minimum atomic E-state index is -1.32. The van der Waals surface area contributed by atoms with Gasteiger partial charge < -0.3 is 20.5 Å². The van der Waals surface area contributed by atoms with Gasteiger partial charge in [0.2, 0.25) is 0 Å². The lowest BCUT2D eigenvalue weighted by atomic mass is 10.1. The van der Waals surface area contributed by atoms with Crippen molar-refractivity contribution >= 4 is 34.8 Å². The molecule has 0 aliphatic carbocycles. The van der Waals surface area contributed by atoms with Gasteiger partial charge in [-0.05, 0) is 55.7 Å². The predicted octanol–water partition coefficient (Wildman–Crippen LogP) is 5.99. The van der Waals surface area contributed by atoms with Crippen molar-refractivity contribution in [1.29, 1.82) is 0 Å². The van der Waals surface area contributed by atoms with Gasteiger partial charge in [-0.25, -0.2) is 8.78 Å². The smallest absolute Gasteiger partial charge is 0.265 e. The molecule has 0 heterocycles. The maximum atomic E-state index is 13.9. The lowest BCUT2D eigenvalue weighted by molar-refractivity contribution is -0.122. The second kappa shape index (κ2) is 10.5. The van der Waals surface area contributed by atoms with E-state index in [9.17, 15) is 23.5 Å². The fourth-order valence-electron chi connectivity index (χ4n) is 3.15.